The fourth-order valence-corrected chi connectivity index (χ4v) is 3.56. The largest absolute Gasteiger partial charge is 0.376 e. The molecule has 2 aromatic carbocycles. The average Bonchev–Trinajstić information content (AvgIpc) is 3.24. The molecule has 1 N–H and O–H groups in total. The van der Waals surface area contributed by atoms with Gasteiger partial charge in [0.1, 0.15) is 5.82 Å². The molecule has 0 aromatic heterocycles. The van der Waals surface area contributed by atoms with Crippen LogP contribution in [-0.2, 0) is 11.3 Å². The molecule has 26 heavy (non-hydrogen) atoms. The van der Waals surface area contributed by atoms with Crippen molar-refractivity contribution in [1.29, 1.82) is 0 Å². The van der Waals surface area contributed by atoms with Gasteiger partial charge < -0.3 is 15.0 Å². The van der Waals surface area contributed by atoms with Crippen LogP contribution in [0.4, 0.5) is 10.1 Å². The Bertz CT molecular complexity index is 862. The van der Waals surface area contributed by atoms with Gasteiger partial charge in [0.2, 0.25) is 0 Å². The fraction of sp³-hybridized carbons (Fsp3) is 0.300. The second kappa shape index (κ2) is 6.88. The number of anilines is 1. The van der Waals surface area contributed by atoms with E-state index in [0.29, 0.717) is 29.9 Å². The van der Waals surface area contributed by atoms with Crippen LogP contribution in [0.5, 0.6) is 0 Å². The van der Waals surface area contributed by atoms with E-state index in [1.807, 2.05) is 6.07 Å². The number of rotatable bonds is 4. The van der Waals surface area contributed by atoms with Crippen LogP contribution in [0.25, 0.3) is 0 Å². The Morgan fingerprint density at radius 3 is 2.88 bits per heavy atom. The zero-order valence-corrected chi connectivity index (χ0v) is 14.2. The summed E-state index contributed by atoms with van der Waals surface area (Å²) in [6, 6.07) is 10.9. The summed E-state index contributed by atoms with van der Waals surface area (Å²) >= 11 is 0. The minimum Gasteiger partial charge on any atom is -0.376 e. The smallest absolute Gasteiger partial charge is 0.256 e. The number of nitrogens with one attached hydrogen (secondary N) is 1. The minimum absolute atomic E-state index is 0.0674. The molecular formula is C20H19FN2O3. The van der Waals surface area contributed by atoms with E-state index in [0.717, 1.165) is 25.0 Å². The fourth-order valence-electron chi connectivity index (χ4n) is 3.56. The van der Waals surface area contributed by atoms with Gasteiger partial charge in [-0.1, -0.05) is 18.2 Å². The number of carbonyl (C=O) groups excluding carboxylic acids is 2. The molecule has 2 amide bonds. The second-order valence-corrected chi connectivity index (χ2v) is 6.62. The molecule has 2 heterocycles. The summed E-state index contributed by atoms with van der Waals surface area (Å²) in [5.41, 5.74) is 1.93. The van der Waals surface area contributed by atoms with Crippen LogP contribution >= 0.6 is 0 Å². The maximum Gasteiger partial charge on any atom is 0.256 e. The highest BCUT2D eigenvalue weighted by molar-refractivity contribution is 6.13. The van der Waals surface area contributed by atoms with E-state index < -0.39 is 11.7 Å². The van der Waals surface area contributed by atoms with Crippen LogP contribution in [0.3, 0.4) is 0 Å². The van der Waals surface area contributed by atoms with E-state index in [2.05, 4.69) is 5.32 Å². The highest BCUT2D eigenvalue weighted by atomic mass is 19.1. The highest BCUT2D eigenvalue weighted by Gasteiger charge is 2.33. The van der Waals surface area contributed by atoms with E-state index >= 15 is 0 Å². The van der Waals surface area contributed by atoms with Gasteiger partial charge in [-0.25, -0.2) is 4.39 Å². The van der Waals surface area contributed by atoms with Crippen LogP contribution in [-0.4, -0.2) is 36.0 Å². The molecule has 0 aliphatic carbocycles. The van der Waals surface area contributed by atoms with Crippen LogP contribution in [0, 0.1) is 5.82 Å². The number of fused-ring (bicyclic) bond motifs is 1. The van der Waals surface area contributed by atoms with Crippen LogP contribution < -0.4 is 5.32 Å². The molecule has 1 saturated heterocycles. The number of carbonyl (C=O) groups is 2. The van der Waals surface area contributed by atoms with Crippen molar-refractivity contribution < 1.29 is 18.7 Å². The Hall–Kier alpha value is -2.73. The normalized spacial score (nSPS) is 18.9. The van der Waals surface area contributed by atoms with Crippen LogP contribution in [0.1, 0.15) is 39.1 Å². The molecule has 6 heteroatoms. The molecule has 0 spiro atoms. The SMILES string of the molecule is O=C(Nc1cccc(F)c1)c1cccc2c1C(=O)N(CC1CCCO1)C2. The molecule has 5 nitrogen and oxygen atoms in total. The third kappa shape index (κ3) is 3.20. The van der Waals surface area contributed by atoms with Crippen molar-refractivity contribution in [3.05, 3.63) is 65.0 Å². The summed E-state index contributed by atoms with van der Waals surface area (Å²) in [5, 5.41) is 2.66. The Balaban J connectivity index is 1.55. The second-order valence-electron chi connectivity index (χ2n) is 6.62. The van der Waals surface area contributed by atoms with Crippen molar-refractivity contribution in [2.75, 3.05) is 18.5 Å². The average molecular weight is 354 g/mol. The molecule has 0 bridgehead atoms. The van der Waals surface area contributed by atoms with E-state index in [1.165, 1.54) is 18.2 Å². The summed E-state index contributed by atoms with van der Waals surface area (Å²) in [7, 11) is 0. The molecule has 4 rings (SSSR count). The van der Waals surface area contributed by atoms with Crippen molar-refractivity contribution in [2.24, 2.45) is 0 Å². The zero-order chi connectivity index (χ0) is 18.1. The molecule has 0 radical (unpaired) electrons. The van der Waals surface area contributed by atoms with Crippen molar-refractivity contribution in [3.8, 4) is 0 Å². The van der Waals surface area contributed by atoms with Crippen LogP contribution in [0.2, 0.25) is 0 Å². The maximum atomic E-state index is 13.3. The lowest BCUT2D eigenvalue weighted by molar-refractivity contribution is 0.0544. The van der Waals surface area contributed by atoms with Gasteiger partial charge in [-0.05, 0) is 42.7 Å². The third-order valence-corrected chi connectivity index (χ3v) is 4.79. The highest BCUT2D eigenvalue weighted by Crippen LogP contribution is 2.28. The minimum atomic E-state index is -0.431. The van der Waals surface area contributed by atoms with Gasteiger partial charge in [0, 0.05) is 25.4 Å². The third-order valence-electron chi connectivity index (χ3n) is 4.79. The van der Waals surface area contributed by atoms with E-state index in [9.17, 15) is 14.0 Å². The molecule has 1 atom stereocenters. The number of amides is 2. The first kappa shape index (κ1) is 16.7. The number of nitrogens with zero attached hydrogens (tertiary/aromatic N) is 1. The topological polar surface area (TPSA) is 58.6 Å². The molecule has 0 saturated carbocycles. The van der Waals surface area contributed by atoms with Gasteiger partial charge in [-0.15, -0.1) is 0 Å². The van der Waals surface area contributed by atoms with Gasteiger partial charge in [-0.3, -0.25) is 9.59 Å². The first-order valence-corrected chi connectivity index (χ1v) is 8.71. The van der Waals surface area contributed by atoms with Crippen molar-refractivity contribution in [2.45, 2.75) is 25.5 Å². The number of halogens is 1. The molecule has 2 aliphatic rings. The van der Waals surface area contributed by atoms with E-state index in [1.54, 1.807) is 23.1 Å². The summed E-state index contributed by atoms with van der Waals surface area (Å²) in [4.78, 5) is 27.2. The van der Waals surface area contributed by atoms with E-state index in [4.69, 9.17) is 4.74 Å². The van der Waals surface area contributed by atoms with Gasteiger partial charge in [0.15, 0.2) is 0 Å². The Morgan fingerprint density at radius 1 is 1.27 bits per heavy atom. The zero-order valence-electron chi connectivity index (χ0n) is 14.2. The maximum absolute atomic E-state index is 13.3. The van der Waals surface area contributed by atoms with Crippen LogP contribution in [0.15, 0.2) is 42.5 Å². The standard InChI is InChI=1S/C20H19FN2O3/c21-14-5-2-6-15(10-14)22-19(24)17-8-1-4-13-11-23(20(25)18(13)17)12-16-7-3-9-26-16/h1-2,4-6,8,10,16H,3,7,9,11-12H2,(H,22,24). The molecule has 1 fully saturated rings. The van der Waals surface area contributed by atoms with Gasteiger partial charge >= 0.3 is 0 Å². The summed E-state index contributed by atoms with van der Waals surface area (Å²) < 4.78 is 18.9. The van der Waals surface area contributed by atoms with Gasteiger partial charge in [0.05, 0.1) is 17.2 Å². The Kier molecular flexibility index (Phi) is 4.42. The Morgan fingerprint density at radius 2 is 2.12 bits per heavy atom. The van der Waals surface area contributed by atoms with Gasteiger partial charge in [-0.2, -0.15) is 0 Å². The quantitative estimate of drug-likeness (QED) is 0.917. The van der Waals surface area contributed by atoms with Crippen molar-refractivity contribution in [3.63, 3.8) is 0 Å². The van der Waals surface area contributed by atoms with E-state index in [-0.39, 0.29) is 12.0 Å². The lowest BCUT2D eigenvalue weighted by atomic mass is 10.0. The predicted molar refractivity (Wildman–Crippen MR) is 94.5 cm³/mol. The molecular weight excluding hydrogens is 335 g/mol. The molecule has 2 aromatic rings. The summed E-state index contributed by atoms with van der Waals surface area (Å²) in [6.45, 7) is 1.76. The van der Waals surface area contributed by atoms with Crippen molar-refractivity contribution in [1.82, 2.24) is 4.90 Å². The number of hydrogen-bond donors (Lipinski definition) is 1. The number of ether oxygens (including phenoxy) is 1. The monoisotopic (exact) mass is 354 g/mol. The molecule has 134 valence electrons. The summed E-state index contributed by atoms with van der Waals surface area (Å²) in [5.74, 6) is -1.000. The molecule has 2 aliphatic heterocycles. The first-order valence-electron chi connectivity index (χ1n) is 8.71. The molecule has 1 unspecified atom stereocenters. The number of hydrogen-bond acceptors (Lipinski definition) is 3. The van der Waals surface area contributed by atoms with Crippen molar-refractivity contribution >= 4 is 17.5 Å². The lowest BCUT2D eigenvalue weighted by Gasteiger charge is -2.19. The lowest BCUT2D eigenvalue weighted by Crippen LogP contribution is -2.32. The van der Waals surface area contributed by atoms with Gasteiger partial charge in [0.25, 0.3) is 11.8 Å². The summed E-state index contributed by atoms with van der Waals surface area (Å²) in [6.07, 6.45) is 2.03. The predicted octanol–water partition coefficient (Wildman–Crippen LogP) is 3.21. The Labute approximate surface area is 150 Å². The number of benzene rings is 2. The first-order chi connectivity index (χ1) is 12.6.